The van der Waals surface area contributed by atoms with E-state index >= 15 is 0 Å². The van der Waals surface area contributed by atoms with Gasteiger partial charge in [0, 0.05) is 37.2 Å². The van der Waals surface area contributed by atoms with Gasteiger partial charge < -0.3 is 4.90 Å². The Bertz CT molecular complexity index is 263. The smallest absolute Gasteiger partial charge is 0.0228 e. The quantitative estimate of drug-likeness (QED) is 0.724. The van der Waals surface area contributed by atoms with Crippen LogP contribution in [0.15, 0.2) is 35.4 Å². The number of allylic oxidation sites excluding steroid dienone is 2. The molecule has 0 bridgehead atoms. The summed E-state index contributed by atoms with van der Waals surface area (Å²) in [6, 6.07) is 0. The Morgan fingerprint density at radius 1 is 1.20 bits per heavy atom. The molecule has 0 saturated carbocycles. The lowest BCUT2D eigenvalue weighted by Gasteiger charge is -2.32. The van der Waals surface area contributed by atoms with Gasteiger partial charge in [-0.05, 0) is 18.7 Å². The number of halogens is 1. The van der Waals surface area contributed by atoms with Crippen LogP contribution < -0.4 is 0 Å². The van der Waals surface area contributed by atoms with Crippen molar-refractivity contribution < 1.29 is 0 Å². The van der Waals surface area contributed by atoms with Crippen molar-refractivity contribution in [3.8, 4) is 0 Å². The largest absolute Gasteiger partial charge is 0.304 e. The topological polar surface area (TPSA) is 6.48 Å². The average Bonchev–Trinajstić information content (AvgIpc) is 2.19. The van der Waals surface area contributed by atoms with E-state index in [-0.39, 0.29) is 0 Å². The van der Waals surface area contributed by atoms with Crippen molar-refractivity contribution in [3.63, 3.8) is 0 Å². The van der Waals surface area contributed by atoms with E-state index in [9.17, 15) is 0 Å². The number of rotatable bonds is 4. The number of likely N-dealkylation sites (N-methyl/N-ethyl adjacent to an activating group) is 1. The number of hydrogen-bond donors (Lipinski definition) is 0. The lowest BCUT2D eigenvalue weighted by Crippen LogP contribution is -2.44. The monoisotopic (exact) mass is 270 g/mol. The average molecular weight is 271 g/mol. The molecule has 1 rings (SSSR count). The molecule has 0 radical (unpaired) electrons. The lowest BCUT2D eigenvalue weighted by molar-refractivity contribution is 0.165. The Labute approximate surface area is 101 Å². The predicted octanol–water partition coefficient (Wildman–Crippen LogP) is 2.25. The minimum absolute atomic E-state index is 0.891. The van der Waals surface area contributed by atoms with Crippen LogP contribution in [-0.2, 0) is 0 Å². The molecule has 0 atom stereocenters. The van der Waals surface area contributed by atoms with Gasteiger partial charge in [-0.15, -0.1) is 0 Å². The van der Waals surface area contributed by atoms with Crippen LogP contribution in [-0.4, -0.2) is 49.6 Å². The fraction of sp³-hybridized carbons (Fsp3) is 0.500. The SMILES string of the molecule is C=C(Br)/C=C\C(=C)CN1CCN(C)CC1. The van der Waals surface area contributed by atoms with E-state index in [1.54, 1.807) is 0 Å². The van der Waals surface area contributed by atoms with Crippen molar-refractivity contribution in [2.45, 2.75) is 0 Å². The molecule has 0 N–H and O–H groups in total. The van der Waals surface area contributed by atoms with Crippen LogP contribution in [0.5, 0.6) is 0 Å². The highest BCUT2D eigenvalue weighted by Gasteiger charge is 2.13. The van der Waals surface area contributed by atoms with E-state index in [1.807, 2.05) is 12.2 Å². The fourth-order valence-corrected chi connectivity index (χ4v) is 1.69. The van der Waals surface area contributed by atoms with Gasteiger partial charge >= 0.3 is 0 Å². The van der Waals surface area contributed by atoms with Crippen LogP contribution in [0, 0.1) is 0 Å². The Kier molecular flexibility index (Phi) is 5.29. The first-order valence-corrected chi connectivity index (χ1v) is 5.98. The van der Waals surface area contributed by atoms with E-state index in [0.717, 1.165) is 42.8 Å². The van der Waals surface area contributed by atoms with Crippen molar-refractivity contribution in [1.29, 1.82) is 0 Å². The molecule has 0 aromatic heterocycles. The predicted molar refractivity (Wildman–Crippen MR) is 70.3 cm³/mol. The fourth-order valence-electron chi connectivity index (χ4n) is 1.55. The summed E-state index contributed by atoms with van der Waals surface area (Å²) >= 11 is 3.29. The van der Waals surface area contributed by atoms with Crippen molar-refractivity contribution >= 4 is 15.9 Å². The van der Waals surface area contributed by atoms with Gasteiger partial charge in [0.1, 0.15) is 0 Å². The Hall–Kier alpha value is -0.380. The molecule has 84 valence electrons. The first-order valence-electron chi connectivity index (χ1n) is 5.19. The Morgan fingerprint density at radius 3 is 2.33 bits per heavy atom. The summed E-state index contributed by atoms with van der Waals surface area (Å²) in [5, 5.41) is 0. The molecule has 1 saturated heterocycles. The third-order valence-electron chi connectivity index (χ3n) is 2.52. The first kappa shape index (κ1) is 12.7. The van der Waals surface area contributed by atoms with E-state index in [1.165, 1.54) is 0 Å². The molecule has 1 aliphatic rings. The summed E-state index contributed by atoms with van der Waals surface area (Å²) in [5.41, 5.74) is 1.14. The van der Waals surface area contributed by atoms with Gasteiger partial charge in [-0.2, -0.15) is 0 Å². The molecule has 3 heteroatoms. The minimum atomic E-state index is 0.891. The summed E-state index contributed by atoms with van der Waals surface area (Å²) < 4.78 is 0.891. The highest BCUT2D eigenvalue weighted by molar-refractivity contribution is 9.11. The van der Waals surface area contributed by atoms with Crippen molar-refractivity contribution in [1.82, 2.24) is 9.80 Å². The summed E-state index contributed by atoms with van der Waals surface area (Å²) in [4.78, 5) is 4.79. The second kappa shape index (κ2) is 6.26. The van der Waals surface area contributed by atoms with Gasteiger partial charge in [0.05, 0.1) is 0 Å². The molecule has 0 spiro atoms. The third kappa shape index (κ3) is 5.30. The van der Waals surface area contributed by atoms with Crippen LogP contribution >= 0.6 is 15.9 Å². The second-order valence-electron chi connectivity index (χ2n) is 4.02. The zero-order valence-corrected chi connectivity index (χ0v) is 11.0. The third-order valence-corrected chi connectivity index (χ3v) is 2.79. The van der Waals surface area contributed by atoms with Gasteiger partial charge in [0.25, 0.3) is 0 Å². The number of nitrogens with zero attached hydrogens (tertiary/aromatic N) is 2. The molecule has 0 aromatic carbocycles. The van der Waals surface area contributed by atoms with Crippen LogP contribution in [0.1, 0.15) is 0 Å². The molecule has 0 amide bonds. The van der Waals surface area contributed by atoms with Gasteiger partial charge in [0.2, 0.25) is 0 Å². The summed E-state index contributed by atoms with van der Waals surface area (Å²) in [6.45, 7) is 13.3. The number of piperazine rings is 1. The van der Waals surface area contributed by atoms with E-state index in [2.05, 4.69) is 45.9 Å². The molecular weight excluding hydrogens is 252 g/mol. The standard InChI is InChI=1S/C12H19BrN2/c1-11(4-5-12(2)13)10-15-8-6-14(3)7-9-15/h4-5H,1-2,6-10H2,3H3/b5-4-. The molecule has 0 aliphatic carbocycles. The molecule has 0 unspecified atom stereocenters. The van der Waals surface area contributed by atoms with E-state index in [4.69, 9.17) is 0 Å². The molecule has 2 nitrogen and oxygen atoms in total. The molecular formula is C12H19BrN2. The summed E-state index contributed by atoms with van der Waals surface area (Å²) in [7, 11) is 2.17. The van der Waals surface area contributed by atoms with Crippen LogP contribution in [0.2, 0.25) is 0 Å². The zero-order valence-electron chi connectivity index (χ0n) is 9.38. The van der Waals surface area contributed by atoms with E-state index in [0.29, 0.717) is 0 Å². The Balaban J connectivity index is 2.29. The van der Waals surface area contributed by atoms with Crippen LogP contribution in [0.3, 0.4) is 0 Å². The Morgan fingerprint density at radius 2 is 1.80 bits per heavy atom. The summed E-state index contributed by atoms with van der Waals surface area (Å²) in [5.74, 6) is 0. The zero-order chi connectivity index (χ0) is 11.3. The van der Waals surface area contributed by atoms with Gasteiger partial charge in [-0.1, -0.05) is 35.2 Å². The summed E-state index contributed by atoms with van der Waals surface area (Å²) in [6.07, 6.45) is 3.97. The van der Waals surface area contributed by atoms with Crippen LogP contribution in [0.4, 0.5) is 0 Å². The normalized spacial score (nSPS) is 19.6. The highest BCUT2D eigenvalue weighted by Crippen LogP contribution is 2.07. The van der Waals surface area contributed by atoms with E-state index < -0.39 is 0 Å². The maximum Gasteiger partial charge on any atom is 0.0228 e. The maximum absolute atomic E-state index is 4.04. The van der Waals surface area contributed by atoms with Crippen molar-refractivity contribution in [2.24, 2.45) is 0 Å². The first-order chi connectivity index (χ1) is 7.08. The molecule has 1 heterocycles. The van der Waals surface area contributed by atoms with Gasteiger partial charge in [0.15, 0.2) is 0 Å². The highest BCUT2D eigenvalue weighted by atomic mass is 79.9. The second-order valence-corrected chi connectivity index (χ2v) is 5.04. The molecule has 1 aliphatic heterocycles. The van der Waals surface area contributed by atoms with Crippen LogP contribution in [0.25, 0.3) is 0 Å². The maximum atomic E-state index is 4.04. The lowest BCUT2D eigenvalue weighted by atomic mass is 10.2. The van der Waals surface area contributed by atoms with Crippen molar-refractivity contribution in [2.75, 3.05) is 39.8 Å². The van der Waals surface area contributed by atoms with Gasteiger partial charge in [-0.3, -0.25) is 4.90 Å². The molecule has 15 heavy (non-hydrogen) atoms. The molecule has 1 fully saturated rings. The van der Waals surface area contributed by atoms with Crippen molar-refractivity contribution in [3.05, 3.63) is 35.4 Å². The molecule has 0 aromatic rings. The minimum Gasteiger partial charge on any atom is -0.304 e. The van der Waals surface area contributed by atoms with Gasteiger partial charge in [-0.25, -0.2) is 0 Å². The number of hydrogen-bond acceptors (Lipinski definition) is 2.